The Balaban J connectivity index is 1.93. The van der Waals surface area contributed by atoms with Crippen molar-refractivity contribution in [2.24, 2.45) is 0 Å². The number of aromatic nitrogens is 3. The normalized spacial score (nSPS) is 16.4. The molecule has 5 nitrogen and oxygen atoms in total. The molecule has 0 spiro atoms. The molecular weight excluding hydrogens is 242 g/mol. The minimum Gasteiger partial charge on any atom is -0.460 e. The van der Waals surface area contributed by atoms with Crippen molar-refractivity contribution < 1.29 is 9.53 Å². The van der Waals surface area contributed by atoms with E-state index in [0.29, 0.717) is 12.4 Å². The molecule has 0 radical (unpaired) electrons. The molecular formula is C14H13N3O2. The van der Waals surface area contributed by atoms with Crippen molar-refractivity contribution in [1.29, 1.82) is 0 Å². The number of carbonyl (C=O) groups is 1. The fourth-order valence-corrected chi connectivity index (χ4v) is 2.10. The van der Waals surface area contributed by atoms with E-state index in [4.69, 9.17) is 4.74 Å². The smallest absolute Gasteiger partial charge is 0.378 e. The van der Waals surface area contributed by atoms with E-state index in [9.17, 15) is 4.79 Å². The quantitative estimate of drug-likeness (QED) is 0.788. The van der Waals surface area contributed by atoms with Crippen LogP contribution in [0, 0.1) is 0 Å². The number of hydrogen-bond donors (Lipinski definition) is 0. The van der Waals surface area contributed by atoms with Gasteiger partial charge in [-0.2, -0.15) is 0 Å². The van der Waals surface area contributed by atoms with Crippen molar-refractivity contribution in [1.82, 2.24) is 14.8 Å². The van der Waals surface area contributed by atoms with E-state index in [-0.39, 0.29) is 11.9 Å². The largest absolute Gasteiger partial charge is 0.460 e. The lowest BCUT2D eigenvalue weighted by Crippen LogP contribution is -2.11. The predicted molar refractivity (Wildman–Crippen MR) is 69.6 cm³/mol. The summed E-state index contributed by atoms with van der Waals surface area (Å²) in [5.74, 6) is 0.309. The number of benzene rings is 1. The number of rotatable bonds is 3. The summed E-state index contributed by atoms with van der Waals surface area (Å²) >= 11 is 0. The topological polar surface area (TPSA) is 57.0 Å². The molecule has 3 rings (SSSR count). The molecule has 0 bridgehead atoms. The zero-order valence-electron chi connectivity index (χ0n) is 10.5. The van der Waals surface area contributed by atoms with Gasteiger partial charge in [0, 0.05) is 0 Å². The Labute approximate surface area is 110 Å². The summed E-state index contributed by atoms with van der Waals surface area (Å²) in [5.41, 5.74) is 1.11. The Morgan fingerprint density at radius 2 is 2.16 bits per heavy atom. The van der Waals surface area contributed by atoms with Gasteiger partial charge in [0.15, 0.2) is 5.82 Å². The average Bonchev–Trinajstić information content (AvgIpc) is 2.99. The summed E-state index contributed by atoms with van der Waals surface area (Å²) in [5, 5.41) is 4.24. The van der Waals surface area contributed by atoms with Crippen molar-refractivity contribution in [2.75, 3.05) is 6.61 Å². The minimum absolute atomic E-state index is 0.00752. The van der Waals surface area contributed by atoms with Gasteiger partial charge in [-0.1, -0.05) is 36.4 Å². The second-order valence-electron chi connectivity index (χ2n) is 4.17. The van der Waals surface area contributed by atoms with E-state index < -0.39 is 5.97 Å². The van der Waals surface area contributed by atoms with Gasteiger partial charge in [-0.15, -0.1) is 5.10 Å². The first-order chi connectivity index (χ1) is 9.29. The van der Waals surface area contributed by atoms with Gasteiger partial charge in [0.2, 0.25) is 0 Å². The summed E-state index contributed by atoms with van der Waals surface area (Å²) in [6, 6.07) is 9.96. The molecule has 0 N–H and O–H groups in total. The standard InChI is InChI=1S/C14H13N3O2/c1-2-19-14(18)13-15-12-9-8-11(17(12)16-13)10-6-4-3-5-7-10/h3-9,11H,2H2,1H3. The van der Waals surface area contributed by atoms with E-state index in [1.165, 1.54) is 0 Å². The first-order valence-electron chi connectivity index (χ1n) is 6.16. The molecule has 1 aromatic heterocycles. The molecule has 1 unspecified atom stereocenters. The highest BCUT2D eigenvalue weighted by Crippen LogP contribution is 2.26. The predicted octanol–water partition coefficient (Wildman–Crippen LogP) is 2.07. The molecule has 2 heterocycles. The summed E-state index contributed by atoms with van der Waals surface area (Å²) in [6.07, 6.45) is 3.88. The third kappa shape index (κ3) is 2.03. The highest BCUT2D eigenvalue weighted by Gasteiger charge is 2.24. The SMILES string of the molecule is CCOC(=O)c1nc2n(n1)C(c1ccccc1)C=C2. The monoisotopic (exact) mass is 255 g/mol. The van der Waals surface area contributed by atoms with Crippen molar-refractivity contribution in [3.05, 3.63) is 53.6 Å². The van der Waals surface area contributed by atoms with Crippen LogP contribution in [0.3, 0.4) is 0 Å². The number of nitrogens with zero attached hydrogens (tertiary/aromatic N) is 3. The maximum absolute atomic E-state index is 11.6. The number of carbonyl (C=O) groups excluding carboxylic acids is 1. The molecule has 0 fully saturated rings. The number of ether oxygens (including phenoxy) is 1. The number of allylic oxidation sites excluding steroid dienone is 1. The Bertz CT molecular complexity index is 631. The third-order valence-corrected chi connectivity index (χ3v) is 2.95. The summed E-state index contributed by atoms with van der Waals surface area (Å²) in [6.45, 7) is 2.08. The van der Waals surface area contributed by atoms with Crippen LogP contribution in [0.5, 0.6) is 0 Å². The maximum atomic E-state index is 11.6. The molecule has 5 heteroatoms. The van der Waals surface area contributed by atoms with Gasteiger partial charge in [0.25, 0.3) is 5.82 Å². The van der Waals surface area contributed by atoms with Gasteiger partial charge in [0.1, 0.15) is 0 Å². The first-order valence-corrected chi connectivity index (χ1v) is 6.16. The molecule has 1 aliphatic rings. The number of fused-ring (bicyclic) bond motifs is 1. The fourth-order valence-electron chi connectivity index (χ4n) is 2.10. The molecule has 96 valence electrons. The van der Waals surface area contributed by atoms with Crippen molar-refractivity contribution >= 4 is 12.0 Å². The van der Waals surface area contributed by atoms with Gasteiger partial charge < -0.3 is 4.74 Å². The van der Waals surface area contributed by atoms with E-state index in [2.05, 4.69) is 10.1 Å². The molecule has 19 heavy (non-hydrogen) atoms. The van der Waals surface area contributed by atoms with E-state index in [0.717, 1.165) is 5.56 Å². The Kier molecular flexibility index (Phi) is 2.87. The molecule has 2 aromatic rings. The minimum atomic E-state index is -0.482. The van der Waals surface area contributed by atoms with Crippen molar-refractivity contribution in [3.8, 4) is 0 Å². The Hall–Kier alpha value is -2.43. The lowest BCUT2D eigenvalue weighted by atomic mass is 10.1. The van der Waals surface area contributed by atoms with Crippen LogP contribution in [0.4, 0.5) is 0 Å². The highest BCUT2D eigenvalue weighted by molar-refractivity contribution is 5.85. The van der Waals surface area contributed by atoms with E-state index in [1.54, 1.807) is 11.6 Å². The van der Waals surface area contributed by atoms with Crippen LogP contribution in [0.25, 0.3) is 6.08 Å². The fraction of sp³-hybridized carbons (Fsp3) is 0.214. The van der Waals surface area contributed by atoms with Crippen LogP contribution in [0.1, 0.15) is 35.0 Å². The van der Waals surface area contributed by atoms with Crippen LogP contribution in [-0.2, 0) is 4.74 Å². The molecule has 1 atom stereocenters. The van der Waals surface area contributed by atoms with E-state index in [1.807, 2.05) is 42.5 Å². The van der Waals surface area contributed by atoms with Crippen LogP contribution >= 0.6 is 0 Å². The number of hydrogen-bond acceptors (Lipinski definition) is 4. The van der Waals surface area contributed by atoms with Crippen molar-refractivity contribution in [3.63, 3.8) is 0 Å². The first kappa shape index (κ1) is 11.6. The van der Waals surface area contributed by atoms with Crippen LogP contribution in [0.2, 0.25) is 0 Å². The molecule has 0 saturated heterocycles. The van der Waals surface area contributed by atoms with E-state index >= 15 is 0 Å². The van der Waals surface area contributed by atoms with Crippen LogP contribution in [-0.4, -0.2) is 27.3 Å². The average molecular weight is 255 g/mol. The molecule has 1 aliphatic heterocycles. The summed E-state index contributed by atoms with van der Waals surface area (Å²) in [4.78, 5) is 15.8. The van der Waals surface area contributed by atoms with Crippen LogP contribution < -0.4 is 0 Å². The van der Waals surface area contributed by atoms with Crippen LogP contribution in [0.15, 0.2) is 36.4 Å². The maximum Gasteiger partial charge on any atom is 0.378 e. The lowest BCUT2D eigenvalue weighted by molar-refractivity contribution is 0.0511. The third-order valence-electron chi connectivity index (χ3n) is 2.95. The summed E-state index contributed by atoms with van der Waals surface area (Å²) < 4.78 is 6.64. The lowest BCUT2D eigenvalue weighted by Gasteiger charge is -2.10. The Morgan fingerprint density at radius 3 is 2.89 bits per heavy atom. The molecule has 0 aliphatic carbocycles. The van der Waals surface area contributed by atoms with Gasteiger partial charge in [0.05, 0.1) is 12.6 Å². The zero-order chi connectivity index (χ0) is 13.2. The summed E-state index contributed by atoms with van der Waals surface area (Å²) in [7, 11) is 0. The molecule has 1 aromatic carbocycles. The van der Waals surface area contributed by atoms with Gasteiger partial charge >= 0.3 is 5.97 Å². The van der Waals surface area contributed by atoms with Gasteiger partial charge in [-0.3, -0.25) is 0 Å². The Morgan fingerprint density at radius 1 is 1.37 bits per heavy atom. The molecule has 0 saturated carbocycles. The number of esters is 1. The highest BCUT2D eigenvalue weighted by atomic mass is 16.5. The van der Waals surface area contributed by atoms with Gasteiger partial charge in [-0.05, 0) is 18.6 Å². The second kappa shape index (κ2) is 4.68. The van der Waals surface area contributed by atoms with Gasteiger partial charge in [-0.25, -0.2) is 14.5 Å². The molecule has 0 amide bonds. The van der Waals surface area contributed by atoms with Crippen molar-refractivity contribution in [2.45, 2.75) is 13.0 Å². The zero-order valence-corrected chi connectivity index (χ0v) is 10.5. The second-order valence-corrected chi connectivity index (χ2v) is 4.17.